The number of rotatable bonds is 3. The molecule has 1 fully saturated rings. The first-order valence-corrected chi connectivity index (χ1v) is 9.81. The molecule has 0 saturated carbocycles. The minimum absolute atomic E-state index is 0.0249. The molecule has 3 aromatic rings. The minimum Gasteiger partial charge on any atom is -0.481 e. The summed E-state index contributed by atoms with van der Waals surface area (Å²) in [5.74, 6) is 1.02. The van der Waals surface area contributed by atoms with E-state index >= 15 is 0 Å². The van der Waals surface area contributed by atoms with Crippen molar-refractivity contribution in [3.05, 3.63) is 36.0 Å². The van der Waals surface area contributed by atoms with Crippen molar-refractivity contribution >= 4 is 22.6 Å². The number of carbonyl (C=O) groups excluding carboxylic acids is 1. The molecule has 2 amide bonds. The van der Waals surface area contributed by atoms with Crippen molar-refractivity contribution in [1.29, 1.82) is 0 Å². The van der Waals surface area contributed by atoms with Crippen LogP contribution in [0.2, 0.25) is 0 Å². The first kappa shape index (κ1) is 17.9. The molecule has 5 rings (SSSR count). The molecule has 2 aliphatic rings. The van der Waals surface area contributed by atoms with Gasteiger partial charge in [0.2, 0.25) is 5.88 Å². The average Bonchev–Trinajstić information content (AvgIpc) is 3.27. The zero-order chi connectivity index (χ0) is 20.1. The van der Waals surface area contributed by atoms with Gasteiger partial charge < -0.3 is 19.9 Å². The third-order valence-electron chi connectivity index (χ3n) is 6.00. The summed E-state index contributed by atoms with van der Waals surface area (Å²) in [6.45, 7) is 4.73. The predicted octanol–water partition coefficient (Wildman–Crippen LogP) is 2.93. The second kappa shape index (κ2) is 6.73. The van der Waals surface area contributed by atoms with Gasteiger partial charge in [-0.25, -0.2) is 9.78 Å². The number of aromatic amines is 1. The van der Waals surface area contributed by atoms with Crippen LogP contribution >= 0.6 is 0 Å². The molecule has 2 N–H and O–H groups in total. The summed E-state index contributed by atoms with van der Waals surface area (Å²) in [6.07, 6.45) is 1.76. The van der Waals surface area contributed by atoms with Crippen molar-refractivity contribution in [2.75, 3.05) is 32.6 Å². The van der Waals surface area contributed by atoms with Crippen molar-refractivity contribution in [2.45, 2.75) is 19.5 Å². The Bertz CT molecular complexity index is 1080. The van der Waals surface area contributed by atoms with Gasteiger partial charge in [-0.1, -0.05) is 6.92 Å². The number of fused-ring (bicyclic) bond motifs is 2. The highest BCUT2D eigenvalue weighted by Crippen LogP contribution is 2.35. The van der Waals surface area contributed by atoms with E-state index in [0.717, 1.165) is 46.5 Å². The van der Waals surface area contributed by atoms with Gasteiger partial charge in [0.05, 0.1) is 18.7 Å². The van der Waals surface area contributed by atoms with Crippen molar-refractivity contribution in [3.8, 4) is 17.1 Å². The Kier molecular flexibility index (Phi) is 4.16. The Labute approximate surface area is 168 Å². The number of hydrogen-bond acceptors (Lipinski definition) is 5. The van der Waals surface area contributed by atoms with Crippen LogP contribution in [0.15, 0.2) is 30.5 Å². The summed E-state index contributed by atoms with van der Waals surface area (Å²) >= 11 is 0. The Hall–Kier alpha value is -3.13. The van der Waals surface area contributed by atoms with Gasteiger partial charge in [0.25, 0.3) is 0 Å². The van der Waals surface area contributed by atoms with Crippen LogP contribution in [0.25, 0.3) is 22.2 Å². The molecule has 0 bridgehead atoms. The van der Waals surface area contributed by atoms with Crippen LogP contribution in [-0.4, -0.2) is 64.3 Å². The molecule has 2 unspecified atom stereocenters. The zero-order valence-electron chi connectivity index (χ0n) is 16.8. The fourth-order valence-corrected chi connectivity index (χ4v) is 4.52. The molecule has 0 aliphatic carbocycles. The van der Waals surface area contributed by atoms with E-state index in [4.69, 9.17) is 4.74 Å². The number of amides is 2. The van der Waals surface area contributed by atoms with Gasteiger partial charge in [0.15, 0.2) is 0 Å². The molecule has 1 saturated heterocycles. The number of likely N-dealkylation sites (N-methyl/N-ethyl adjacent to an activating group) is 1. The van der Waals surface area contributed by atoms with Crippen molar-refractivity contribution in [2.24, 2.45) is 5.92 Å². The lowest BCUT2D eigenvalue weighted by molar-refractivity contribution is 0.170. The molecule has 29 heavy (non-hydrogen) atoms. The molecule has 0 radical (unpaired) electrons. The van der Waals surface area contributed by atoms with Crippen LogP contribution in [0.5, 0.6) is 5.88 Å². The average molecular weight is 392 g/mol. The SMILES string of the molecule is COc1ccc(-c2n[nH]c3cc4c(cc23)CN(C2CN(C)CC2C)C(=O)N4)cn1. The number of methoxy groups -OCH3 is 1. The number of nitrogens with one attached hydrogen (secondary N) is 2. The lowest BCUT2D eigenvalue weighted by Crippen LogP contribution is -2.48. The van der Waals surface area contributed by atoms with Crippen LogP contribution in [0, 0.1) is 5.92 Å². The maximum Gasteiger partial charge on any atom is 0.322 e. The molecule has 2 aromatic heterocycles. The summed E-state index contributed by atoms with van der Waals surface area (Å²) in [4.78, 5) is 21.3. The monoisotopic (exact) mass is 392 g/mol. The number of likely N-dealkylation sites (tertiary alicyclic amines) is 1. The van der Waals surface area contributed by atoms with E-state index in [9.17, 15) is 4.79 Å². The van der Waals surface area contributed by atoms with Crippen LogP contribution < -0.4 is 10.1 Å². The second-order valence-corrected chi connectivity index (χ2v) is 8.04. The number of anilines is 1. The number of carbonyl (C=O) groups is 1. The van der Waals surface area contributed by atoms with Crippen molar-refractivity contribution in [3.63, 3.8) is 0 Å². The lowest BCUT2D eigenvalue weighted by Gasteiger charge is -2.35. The van der Waals surface area contributed by atoms with Gasteiger partial charge >= 0.3 is 6.03 Å². The summed E-state index contributed by atoms with van der Waals surface area (Å²) in [6, 6.07) is 8.07. The number of urea groups is 1. The Morgan fingerprint density at radius 1 is 1.24 bits per heavy atom. The molecule has 8 heteroatoms. The first-order valence-electron chi connectivity index (χ1n) is 9.81. The molecule has 8 nitrogen and oxygen atoms in total. The standard InChI is InChI=1S/C21H24N6O2/c1-12-9-26(2)11-18(12)27-10-14-6-15-17(7-16(14)23-21(27)28)24-25-20(15)13-4-5-19(29-3)22-8-13/h4-8,12,18H,9-11H2,1-3H3,(H,23,28)(H,24,25). The highest BCUT2D eigenvalue weighted by molar-refractivity contribution is 6.00. The smallest absolute Gasteiger partial charge is 0.322 e. The van der Waals surface area contributed by atoms with E-state index in [-0.39, 0.29) is 12.1 Å². The van der Waals surface area contributed by atoms with Gasteiger partial charge in [0, 0.05) is 48.5 Å². The highest BCUT2D eigenvalue weighted by atomic mass is 16.5. The van der Waals surface area contributed by atoms with Gasteiger partial charge in [-0.05, 0) is 36.7 Å². The molecule has 2 aliphatic heterocycles. The summed E-state index contributed by atoms with van der Waals surface area (Å²) in [5.41, 5.74) is 4.59. The number of benzene rings is 1. The lowest BCUT2D eigenvalue weighted by atomic mass is 10.00. The molecular weight excluding hydrogens is 368 g/mol. The van der Waals surface area contributed by atoms with Gasteiger partial charge in [-0.15, -0.1) is 0 Å². The normalized spacial score (nSPS) is 22.0. The zero-order valence-corrected chi connectivity index (χ0v) is 16.8. The summed E-state index contributed by atoms with van der Waals surface area (Å²) in [5, 5.41) is 11.7. The van der Waals surface area contributed by atoms with Crippen LogP contribution in [-0.2, 0) is 6.54 Å². The quantitative estimate of drug-likeness (QED) is 0.716. The number of aromatic nitrogens is 3. The van der Waals surface area contributed by atoms with Crippen LogP contribution in [0.3, 0.4) is 0 Å². The van der Waals surface area contributed by atoms with E-state index in [0.29, 0.717) is 18.3 Å². The Morgan fingerprint density at radius 3 is 2.79 bits per heavy atom. The second-order valence-electron chi connectivity index (χ2n) is 8.04. The van der Waals surface area contributed by atoms with Crippen molar-refractivity contribution in [1.82, 2.24) is 25.0 Å². The van der Waals surface area contributed by atoms with Crippen LogP contribution in [0.1, 0.15) is 12.5 Å². The van der Waals surface area contributed by atoms with Crippen LogP contribution in [0.4, 0.5) is 10.5 Å². The minimum atomic E-state index is -0.0249. The first-order chi connectivity index (χ1) is 14.0. The third-order valence-corrected chi connectivity index (χ3v) is 6.00. The van der Waals surface area contributed by atoms with Gasteiger partial charge in [-0.3, -0.25) is 5.10 Å². The van der Waals surface area contributed by atoms with Gasteiger partial charge in [-0.2, -0.15) is 5.10 Å². The topological polar surface area (TPSA) is 86.4 Å². The molecule has 0 spiro atoms. The maximum absolute atomic E-state index is 12.8. The van der Waals surface area contributed by atoms with Crippen molar-refractivity contribution < 1.29 is 9.53 Å². The highest BCUT2D eigenvalue weighted by Gasteiger charge is 2.37. The number of H-pyrrole nitrogens is 1. The number of pyridine rings is 1. The van der Waals surface area contributed by atoms with Gasteiger partial charge in [0.1, 0.15) is 5.69 Å². The predicted molar refractivity (Wildman–Crippen MR) is 111 cm³/mol. The van der Waals surface area contributed by atoms with E-state index in [1.54, 1.807) is 13.3 Å². The molecule has 2 atom stereocenters. The molecular formula is C21H24N6O2. The van der Waals surface area contributed by atoms with E-state index < -0.39 is 0 Å². The number of ether oxygens (including phenoxy) is 1. The maximum atomic E-state index is 12.8. The Morgan fingerprint density at radius 2 is 2.10 bits per heavy atom. The molecule has 1 aromatic carbocycles. The number of nitrogens with zero attached hydrogens (tertiary/aromatic N) is 4. The molecule has 150 valence electrons. The summed E-state index contributed by atoms with van der Waals surface area (Å²) < 4.78 is 5.15. The fraction of sp³-hybridized carbons (Fsp3) is 0.381. The summed E-state index contributed by atoms with van der Waals surface area (Å²) in [7, 11) is 3.71. The van der Waals surface area contributed by atoms with E-state index in [2.05, 4.69) is 45.4 Å². The van der Waals surface area contributed by atoms with E-state index in [1.165, 1.54) is 0 Å². The number of hydrogen-bond donors (Lipinski definition) is 2. The molecule has 4 heterocycles. The largest absolute Gasteiger partial charge is 0.481 e. The Balaban J connectivity index is 1.51. The fourth-order valence-electron chi connectivity index (χ4n) is 4.52. The third kappa shape index (κ3) is 3.00. The van der Waals surface area contributed by atoms with E-state index in [1.807, 2.05) is 23.1 Å².